The van der Waals surface area contributed by atoms with Crippen molar-refractivity contribution in [1.29, 1.82) is 0 Å². The van der Waals surface area contributed by atoms with Crippen LogP contribution >= 0.6 is 60.7 Å². The van der Waals surface area contributed by atoms with Crippen molar-refractivity contribution in [2.45, 2.75) is 0 Å². The number of hydrogen-bond donors (Lipinski definition) is 0. The summed E-state index contributed by atoms with van der Waals surface area (Å²) in [5, 5.41) is 0.0653. The average Bonchev–Trinajstić information content (AvgIpc) is 3.09. The third kappa shape index (κ3) is 8.29. The Morgan fingerprint density at radius 2 is 0.620 bits per heavy atom. The maximum atomic E-state index is 13.4. The lowest BCUT2D eigenvalue weighted by Crippen LogP contribution is -2.13. The second-order valence-corrected chi connectivity index (χ2v) is 17.3. The van der Waals surface area contributed by atoms with Crippen molar-refractivity contribution in [2.75, 3.05) is 41.8 Å². The molecule has 0 N–H and O–H groups in total. The summed E-state index contributed by atoms with van der Waals surface area (Å²) in [4.78, 5) is 51.4. The van der Waals surface area contributed by atoms with Gasteiger partial charge in [-0.3, -0.25) is 19.2 Å². The number of carbonyl (C=O) groups is 4. The lowest BCUT2D eigenvalue weighted by atomic mass is 10.2. The Kier molecular flexibility index (Phi) is 13.9. The molecule has 0 atom stereocenters. The molecule has 0 saturated heterocycles. The molecule has 0 unspecified atom stereocenters. The number of benzene rings is 4. The number of ether oxygens (including phenoxy) is 4. The molecule has 10 nitrogen and oxygen atoms in total. The van der Waals surface area contributed by atoms with E-state index >= 15 is 0 Å². The summed E-state index contributed by atoms with van der Waals surface area (Å²) in [5.41, 5.74) is -4.00. The maximum absolute atomic E-state index is 13.4. The smallest absolute Gasteiger partial charge is 0.236 e. The number of hydrogen-bond acceptors (Lipinski definition) is 10. The molecule has 50 heavy (non-hydrogen) atoms. The molecule has 4 aromatic carbocycles. The van der Waals surface area contributed by atoms with Gasteiger partial charge in [-0.1, -0.05) is 70.7 Å². The average molecular weight is 802 g/mol. The van der Waals surface area contributed by atoms with Crippen molar-refractivity contribution in [2.24, 2.45) is 0 Å². The van der Waals surface area contributed by atoms with E-state index in [2.05, 4.69) is 0 Å². The first-order chi connectivity index (χ1) is 23.5. The molecular weight excluding hydrogens is 772 g/mol. The predicted molar refractivity (Wildman–Crippen MR) is 196 cm³/mol. The van der Waals surface area contributed by atoms with Crippen molar-refractivity contribution in [3.05, 3.63) is 115 Å². The van der Waals surface area contributed by atoms with Crippen LogP contribution < -0.4 is 18.9 Å². The van der Waals surface area contributed by atoms with E-state index in [0.29, 0.717) is 0 Å². The van der Waals surface area contributed by atoms with Crippen LogP contribution in [0.4, 0.5) is 0 Å². The highest BCUT2D eigenvalue weighted by Crippen LogP contribution is 2.54. The van der Waals surface area contributed by atoms with Crippen LogP contribution in [-0.4, -0.2) is 63.9 Å². The minimum Gasteiger partial charge on any atom is -0.496 e. The first-order valence-electron chi connectivity index (χ1n) is 14.2. The standard InChI is InChI=1S/C19H21O7P.C15H9Cl4O3P/c1-23-12-8-6-9-13(24-2)16(12)18(20)27(5,22)19(21)17-14(25-3)10-7-11-15(17)26-4;1-23(22,14(20)12-8(16)4-2-5-9(12)17)15(21)13-10(18)6-3-7-11(13)19/h6-11H,1-5H3;2-7H,1H3. The lowest BCUT2D eigenvalue weighted by Gasteiger charge is -2.18. The SMILES string of the molecule is COc1cccc(OC)c1C(=O)P(C)(=O)C(=O)c1c(OC)cccc1OC.CP(=O)(C(=O)c1c(Cl)cccc1Cl)C(=O)c1c(Cl)cccc1Cl. The number of methoxy groups -OCH3 is 4. The molecule has 0 aromatic heterocycles. The number of carbonyl (C=O) groups excluding carboxylic acids is 4. The van der Waals surface area contributed by atoms with Gasteiger partial charge in [-0.2, -0.15) is 0 Å². The zero-order valence-electron chi connectivity index (χ0n) is 27.4. The fourth-order valence-corrected chi connectivity index (χ4v) is 8.97. The van der Waals surface area contributed by atoms with Crippen molar-refractivity contribution < 1.29 is 47.3 Å². The fraction of sp³-hybridized carbons (Fsp3) is 0.176. The molecule has 0 amide bonds. The summed E-state index contributed by atoms with van der Waals surface area (Å²) < 4.78 is 47.0. The monoisotopic (exact) mass is 800 g/mol. The molecule has 0 saturated carbocycles. The quantitative estimate of drug-likeness (QED) is 0.127. The minimum atomic E-state index is -4.08. The molecule has 4 aromatic rings. The van der Waals surface area contributed by atoms with Gasteiger partial charge in [0.1, 0.15) is 34.1 Å². The third-order valence-corrected chi connectivity index (χ3v) is 12.4. The summed E-state index contributed by atoms with van der Waals surface area (Å²) in [7, 11) is -2.63. The Bertz CT molecular complexity index is 1860. The van der Waals surface area contributed by atoms with E-state index in [0.717, 1.165) is 13.3 Å². The molecule has 0 aliphatic rings. The van der Waals surface area contributed by atoms with Gasteiger partial charge in [0.2, 0.25) is 36.4 Å². The highest BCUT2D eigenvalue weighted by Gasteiger charge is 2.42. The van der Waals surface area contributed by atoms with E-state index in [1.54, 1.807) is 12.1 Å². The first-order valence-corrected chi connectivity index (χ1v) is 20.0. The Hall–Kier alpha value is -3.62. The van der Waals surface area contributed by atoms with Gasteiger partial charge in [0.15, 0.2) is 0 Å². The molecule has 264 valence electrons. The van der Waals surface area contributed by atoms with Gasteiger partial charge in [0, 0.05) is 13.3 Å². The molecule has 0 bridgehead atoms. The van der Waals surface area contributed by atoms with Crippen LogP contribution in [0.1, 0.15) is 41.4 Å². The molecule has 0 aliphatic heterocycles. The van der Waals surface area contributed by atoms with Crippen LogP contribution in [0.5, 0.6) is 23.0 Å². The fourth-order valence-electron chi connectivity index (χ4n) is 4.57. The largest absolute Gasteiger partial charge is 0.496 e. The summed E-state index contributed by atoms with van der Waals surface area (Å²) in [6.07, 6.45) is 0. The van der Waals surface area contributed by atoms with Crippen molar-refractivity contribution in [3.8, 4) is 23.0 Å². The van der Waals surface area contributed by atoms with E-state index in [-0.39, 0.29) is 65.3 Å². The van der Waals surface area contributed by atoms with Gasteiger partial charge in [-0.15, -0.1) is 0 Å². The van der Waals surface area contributed by atoms with Crippen molar-refractivity contribution in [1.82, 2.24) is 0 Å². The van der Waals surface area contributed by atoms with Gasteiger partial charge in [-0.25, -0.2) is 0 Å². The van der Waals surface area contributed by atoms with Crippen LogP contribution in [0, 0.1) is 0 Å². The second kappa shape index (κ2) is 17.1. The van der Waals surface area contributed by atoms with Gasteiger partial charge in [0.05, 0.1) is 59.7 Å². The van der Waals surface area contributed by atoms with E-state index in [4.69, 9.17) is 65.4 Å². The van der Waals surface area contributed by atoms with E-state index in [1.807, 2.05) is 0 Å². The van der Waals surface area contributed by atoms with Crippen molar-refractivity contribution in [3.63, 3.8) is 0 Å². The maximum Gasteiger partial charge on any atom is 0.236 e. The molecule has 16 heteroatoms. The van der Waals surface area contributed by atoms with Gasteiger partial charge < -0.3 is 28.1 Å². The molecule has 0 aliphatic carbocycles. The molecule has 0 heterocycles. The van der Waals surface area contributed by atoms with Gasteiger partial charge in [0.25, 0.3) is 0 Å². The molecule has 0 radical (unpaired) electrons. The number of halogens is 4. The van der Waals surface area contributed by atoms with E-state index < -0.39 is 36.4 Å². The molecule has 0 spiro atoms. The van der Waals surface area contributed by atoms with E-state index in [9.17, 15) is 28.3 Å². The zero-order valence-corrected chi connectivity index (χ0v) is 32.2. The molecule has 0 fully saturated rings. The van der Waals surface area contributed by atoms with Crippen LogP contribution in [0.25, 0.3) is 0 Å². The first kappa shape index (κ1) is 40.8. The summed E-state index contributed by atoms with van der Waals surface area (Å²) >= 11 is 23.8. The normalized spacial score (nSPS) is 11.1. The zero-order chi connectivity index (χ0) is 37.6. The minimum absolute atomic E-state index is 0.0163. The lowest BCUT2D eigenvalue weighted by molar-refractivity contribution is 0.102. The van der Waals surface area contributed by atoms with Crippen LogP contribution in [0.2, 0.25) is 20.1 Å². The van der Waals surface area contributed by atoms with Crippen LogP contribution in [-0.2, 0) is 9.13 Å². The van der Waals surface area contributed by atoms with Gasteiger partial charge in [-0.05, 0) is 48.5 Å². The highest BCUT2D eigenvalue weighted by atomic mass is 35.5. The molecular formula is C34H30Cl4O10P2. The summed E-state index contributed by atoms with van der Waals surface area (Å²) in [6, 6.07) is 18.1. The number of rotatable bonds is 12. The second-order valence-electron chi connectivity index (χ2n) is 10.3. The Labute approximate surface area is 308 Å². The highest BCUT2D eigenvalue weighted by molar-refractivity contribution is 7.95. The topological polar surface area (TPSA) is 139 Å². The van der Waals surface area contributed by atoms with Crippen LogP contribution in [0.15, 0.2) is 72.8 Å². The summed E-state index contributed by atoms with van der Waals surface area (Å²) in [5.74, 6) is 0.671. The van der Waals surface area contributed by atoms with E-state index in [1.165, 1.54) is 89.1 Å². The third-order valence-electron chi connectivity index (χ3n) is 7.19. The molecule has 4 rings (SSSR count). The van der Waals surface area contributed by atoms with Gasteiger partial charge >= 0.3 is 0 Å². The van der Waals surface area contributed by atoms with Crippen molar-refractivity contribution >= 4 is 82.8 Å². The Morgan fingerprint density at radius 1 is 0.420 bits per heavy atom. The Balaban J connectivity index is 0.000000274. The Morgan fingerprint density at radius 3 is 0.840 bits per heavy atom. The van der Waals surface area contributed by atoms with Crippen LogP contribution in [0.3, 0.4) is 0 Å². The predicted octanol–water partition coefficient (Wildman–Crippen LogP) is 9.97. The summed E-state index contributed by atoms with van der Waals surface area (Å²) in [6.45, 7) is 2.17.